The number of hydrogen-bond donors (Lipinski definition) is 2. The van der Waals surface area contributed by atoms with Crippen LogP contribution in [-0.4, -0.2) is 27.6 Å². The van der Waals surface area contributed by atoms with Crippen LogP contribution in [0, 0.1) is 5.92 Å². The number of nitrogens with zero attached hydrogens (tertiary/aromatic N) is 2. The molecule has 2 aromatic rings. The molecular weight excluding hydrogens is 266 g/mol. The standard InChI is InChI=1S/C16H23N3O2/c1-2-5-13(7-9-20)11-17-12-14-10-16(21)19-8-4-3-6-15(19)18-14/h3-4,6,8,10,13,17,20H,2,5,7,9,11-12H2,1H3. The average molecular weight is 289 g/mol. The molecule has 2 N–H and O–H groups in total. The number of rotatable bonds is 8. The molecule has 0 radical (unpaired) electrons. The lowest BCUT2D eigenvalue weighted by Crippen LogP contribution is -2.25. The quantitative estimate of drug-likeness (QED) is 0.774. The van der Waals surface area contributed by atoms with Gasteiger partial charge in [-0.25, -0.2) is 4.98 Å². The van der Waals surface area contributed by atoms with Crippen molar-refractivity contribution in [3.8, 4) is 0 Å². The summed E-state index contributed by atoms with van der Waals surface area (Å²) in [5.74, 6) is 0.474. The predicted molar refractivity (Wildman–Crippen MR) is 83.3 cm³/mol. The second-order valence-corrected chi connectivity index (χ2v) is 5.31. The third-order valence-electron chi connectivity index (χ3n) is 3.60. The molecule has 21 heavy (non-hydrogen) atoms. The second kappa shape index (κ2) is 7.90. The summed E-state index contributed by atoms with van der Waals surface area (Å²) >= 11 is 0. The normalized spacial score (nSPS) is 12.7. The van der Waals surface area contributed by atoms with Crippen molar-refractivity contribution in [1.29, 1.82) is 0 Å². The summed E-state index contributed by atoms with van der Waals surface area (Å²) in [6.45, 7) is 3.79. The van der Waals surface area contributed by atoms with Crippen LogP contribution in [-0.2, 0) is 6.54 Å². The van der Waals surface area contributed by atoms with E-state index in [1.807, 2.05) is 18.2 Å². The summed E-state index contributed by atoms with van der Waals surface area (Å²) in [5, 5.41) is 12.4. The average Bonchev–Trinajstić information content (AvgIpc) is 2.48. The lowest BCUT2D eigenvalue weighted by molar-refractivity contribution is 0.248. The van der Waals surface area contributed by atoms with E-state index in [9.17, 15) is 4.79 Å². The Kier molecular flexibility index (Phi) is 5.90. The maximum absolute atomic E-state index is 12.0. The van der Waals surface area contributed by atoms with Gasteiger partial charge >= 0.3 is 0 Å². The van der Waals surface area contributed by atoms with Crippen LogP contribution in [0.15, 0.2) is 35.3 Å². The maximum Gasteiger partial charge on any atom is 0.258 e. The smallest absolute Gasteiger partial charge is 0.258 e. The molecule has 0 aromatic carbocycles. The summed E-state index contributed by atoms with van der Waals surface area (Å²) in [4.78, 5) is 16.4. The number of nitrogens with one attached hydrogen (secondary N) is 1. The van der Waals surface area contributed by atoms with Gasteiger partial charge in [0.15, 0.2) is 0 Å². The zero-order valence-corrected chi connectivity index (χ0v) is 12.5. The minimum atomic E-state index is -0.0575. The molecular formula is C16H23N3O2. The topological polar surface area (TPSA) is 66.6 Å². The Morgan fingerprint density at radius 3 is 3.00 bits per heavy atom. The van der Waals surface area contributed by atoms with E-state index in [1.165, 1.54) is 4.40 Å². The van der Waals surface area contributed by atoms with Gasteiger partial charge in [0.05, 0.1) is 5.69 Å². The van der Waals surface area contributed by atoms with Crippen molar-refractivity contribution >= 4 is 5.65 Å². The van der Waals surface area contributed by atoms with Crippen LogP contribution in [0.3, 0.4) is 0 Å². The Balaban J connectivity index is 1.98. The minimum Gasteiger partial charge on any atom is -0.396 e. The highest BCUT2D eigenvalue weighted by Gasteiger charge is 2.07. The molecule has 5 nitrogen and oxygen atoms in total. The molecule has 1 atom stereocenters. The Bertz CT molecular complexity index is 618. The largest absolute Gasteiger partial charge is 0.396 e. The van der Waals surface area contributed by atoms with E-state index >= 15 is 0 Å². The van der Waals surface area contributed by atoms with Crippen molar-refractivity contribution in [2.45, 2.75) is 32.7 Å². The first-order chi connectivity index (χ1) is 10.2. The first-order valence-corrected chi connectivity index (χ1v) is 7.53. The second-order valence-electron chi connectivity index (χ2n) is 5.31. The summed E-state index contributed by atoms with van der Waals surface area (Å²) in [5.41, 5.74) is 1.37. The van der Waals surface area contributed by atoms with E-state index in [4.69, 9.17) is 5.11 Å². The molecule has 0 spiro atoms. The molecule has 0 aliphatic heterocycles. The van der Waals surface area contributed by atoms with Crippen LogP contribution in [0.4, 0.5) is 0 Å². The molecule has 5 heteroatoms. The van der Waals surface area contributed by atoms with Crippen molar-refractivity contribution in [2.75, 3.05) is 13.2 Å². The monoisotopic (exact) mass is 289 g/mol. The highest BCUT2D eigenvalue weighted by Crippen LogP contribution is 2.09. The van der Waals surface area contributed by atoms with Gasteiger partial charge in [0, 0.05) is 25.4 Å². The van der Waals surface area contributed by atoms with E-state index in [0.29, 0.717) is 18.1 Å². The molecule has 0 saturated carbocycles. The zero-order chi connectivity index (χ0) is 15.1. The Hall–Kier alpha value is -1.72. The van der Waals surface area contributed by atoms with E-state index in [1.54, 1.807) is 12.3 Å². The Morgan fingerprint density at radius 1 is 1.38 bits per heavy atom. The first kappa shape index (κ1) is 15.7. The third kappa shape index (κ3) is 4.37. The number of fused-ring (bicyclic) bond motifs is 1. The molecule has 0 aliphatic carbocycles. The summed E-state index contributed by atoms with van der Waals surface area (Å²) in [6.07, 6.45) is 4.75. The van der Waals surface area contributed by atoms with Gasteiger partial charge in [0.2, 0.25) is 0 Å². The molecule has 2 aromatic heterocycles. The van der Waals surface area contributed by atoms with Gasteiger partial charge in [-0.05, 0) is 37.4 Å². The van der Waals surface area contributed by atoms with E-state index in [2.05, 4.69) is 17.2 Å². The predicted octanol–water partition coefficient (Wildman–Crippen LogP) is 1.58. The number of aromatic nitrogens is 2. The third-order valence-corrected chi connectivity index (χ3v) is 3.60. The van der Waals surface area contributed by atoms with Crippen molar-refractivity contribution in [1.82, 2.24) is 14.7 Å². The number of hydrogen-bond acceptors (Lipinski definition) is 4. The van der Waals surface area contributed by atoms with Crippen molar-refractivity contribution in [3.05, 3.63) is 46.5 Å². The first-order valence-electron chi connectivity index (χ1n) is 7.53. The summed E-state index contributed by atoms with van der Waals surface area (Å²) in [6, 6.07) is 7.09. The zero-order valence-electron chi connectivity index (χ0n) is 12.5. The fourth-order valence-electron chi connectivity index (χ4n) is 2.54. The van der Waals surface area contributed by atoms with Gasteiger partial charge in [-0.1, -0.05) is 19.4 Å². The van der Waals surface area contributed by atoms with Gasteiger partial charge in [0.25, 0.3) is 5.56 Å². The maximum atomic E-state index is 12.0. The highest BCUT2D eigenvalue weighted by atomic mass is 16.3. The van der Waals surface area contributed by atoms with Crippen LogP contribution >= 0.6 is 0 Å². The SMILES string of the molecule is CCCC(CCO)CNCc1cc(=O)n2ccccc2n1. The summed E-state index contributed by atoms with van der Waals surface area (Å²) < 4.78 is 1.54. The fraction of sp³-hybridized carbons (Fsp3) is 0.500. The van der Waals surface area contributed by atoms with Gasteiger partial charge in [-0.15, -0.1) is 0 Å². The van der Waals surface area contributed by atoms with E-state index < -0.39 is 0 Å². The molecule has 0 fully saturated rings. The fourth-order valence-corrected chi connectivity index (χ4v) is 2.54. The van der Waals surface area contributed by atoms with Gasteiger partial charge in [0.1, 0.15) is 5.65 Å². The Labute approximate surface area is 124 Å². The molecule has 0 amide bonds. The lowest BCUT2D eigenvalue weighted by atomic mass is 10.0. The molecule has 2 rings (SSSR count). The van der Waals surface area contributed by atoms with E-state index in [-0.39, 0.29) is 12.2 Å². The number of pyridine rings is 1. The van der Waals surface area contributed by atoms with Crippen LogP contribution in [0.1, 0.15) is 31.9 Å². The molecule has 1 unspecified atom stereocenters. The van der Waals surface area contributed by atoms with Crippen molar-refractivity contribution in [2.24, 2.45) is 5.92 Å². The van der Waals surface area contributed by atoms with Crippen LogP contribution in [0.2, 0.25) is 0 Å². The van der Waals surface area contributed by atoms with Gasteiger partial charge in [-0.3, -0.25) is 9.20 Å². The van der Waals surface area contributed by atoms with Gasteiger partial charge < -0.3 is 10.4 Å². The summed E-state index contributed by atoms with van der Waals surface area (Å²) in [7, 11) is 0. The van der Waals surface area contributed by atoms with Crippen molar-refractivity contribution < 1.29 is 5.11 Å². The molecule has 0 bridgehead atoms. The molecule has 2 heterocycles. The van der Waals surface area contributed by atoms with Crippen LogP contribution in [0.5, 0.6) is 0 Å². The van der Waals surface area contributed by atoms with E-state index in [0.717, 1.165) is 31.5 Å². The number of aliphatic hydroxyl groups excluding tert-OH is 1. The lowest BCUT2D eigenvalue weighted by Gasteiger charge is -2.15. The van der Waals surface area contributed by atoms with Gasteiger partial charge in [-0.2, -0.15) is 0 Å². The van der Waals surface area contributed by atoms with Crippen LogP contribution in [0.25, 0.3) is 5.65 Å². The molecule has 0 saturated heterocycles. The molecule has 114 valence electrons. The van der Waals surface area contributed by atoms with Crippen molar-refractivity contribution in [3.63, 3.8) is 0 Å². The Morgan fingerprint density at radius 2 is 2.24 bits per heavy atom. The minimum absolute atomic E-state index is 0.0575. The van der Waals surface area contributed by atoms with Crippen LogP contribution < -0.4 is 10.9 Å². The molecule has 0 aliphatic rings. The highest BCUT2D eigenvalue weighted by molar-refractivity contribution is 5.37. The number of aliphatic hydroxyl groups is 1.